The Morgan fingerprint density at radius 3 is 2.79 bits per heavy atom. The van der Waals surface area contributed by atoms with Gasteiger partial charge in [-0.15, -0.1) is 0 Å². The molecule has 0 aliphatic carbocycles. The normalized spacial score (nSPS) is 12.5. The standard InChI is InChI=1S/C21H20ClN3O4/c1-27-17-4-2-16(3-5-17)25-7-6-15(24-25)13-23-20(26)12-14-10-18(22)21-19(11-14)28-8-9-29-21/h2-7,10-11H,8-9,12-13H2,1H3,(H,23,26). The van der Waals surface area contributed by atoms with Gasteiger partial charge in [0, 0.05) is 6.20 Å². The molecule has 1 aliphatic rings. The zero-order chi connectivity index (χ0) is 20.2. The maximum atomic E-state index is 12.3. The van der Waals surface area contributed by atoms with Gasteiger partial charge in [0.2, 0.25) is 5.91 Å². The summed E-state index contributed by atoms with van der Waals surface area (Å²) in [6.45, 7) is 1.27. The average molecular weight is 414 g/mol. The minimum Gasteiger partial charge on any atom is -0.497 e. The van der Waals surface area contributed by atoms with Crippen molar-refractivity contribution < 1.29 is 19.0 Å². The van der Waals surface area contributed by atoms with Crippen molar-refractivity contribution in [3.05, 3.63) is 64.9 Å². The van der Waals surface area contributed by atoms with Gasteiger partial charge in [-0.3, -0.25) is 4.79 Å². The van der Waals surface area contributed by atoms with Gasteiger partial charge in [0.15, 0.2) is 11.5 Å². The molecule has 1 aliphatic heterocycles. The number of fused-ring (bicyclic) bond motifs is 1. The SMILES string of the molecule is COc1ccc(-n2ccc(CNC(=O)Cc3cc(Cl)c4c(c3)OCCO4)n2)cc1. The van der Waals surface area contributed by atoms with Crippen molar-refractivity contribution in [3.63, 3.8) is 0 Å². The Balaban J connectivity index is 1.35. The third-order valence-electron chi connectivity index (χ3n) is 4.47. The molecule has 1 aromatic heterocycles. The van der Waals surface area contributed by atoms with Gasteiger partial charge in [-0.1, -0.05) is 11.6 Å². The molecule has 2 heterocycles. The zero-order valence-electron chi connectivity index (χ0n) is 15.9. The van der Waals surface area contributed by atoms with Crippen LogP contribution in [0.5, 0.6) is 17.2 Å². The van der Waals surface area contributed by atoms with E-state index in [0.29, 0.717) is 36.3 Å². The van der Waals surface area contributed by atoms with E-state index < -0.39 is 0 Å². The van der Waals surface area contributed by atoms with Crippen molar-refractivity contribution in [2.45, 2.75) is 13.0 Å². The number of carbonyl (C=O) groups is 1. The molecule has 1 N–H and O–H groups in total. The highest BCUT2D eigenvalue weighted by Crippen LogP contribution is 2.38. The summed E-state index contributed by atoms with van der Waals surface area (Å²) < 4.78 is 18.0. The summed E-state index contributed by atoms with van der Waals surface area (Å²) >= 11 is 6.23. The Hall–Kier alpha value is -3.19. The van der Waals surface area contributed by atoms with E-state index in [9.17, 15) is 4.79 Å². The molecular formula is C21H20ClN3O4. The molecule has 3 aromatic rings. The summed E-state index contributed by atoms with van der Waals surface area (Å²) in [7, 11) is 1.63. The molecule has 150 valence electrons. The van der Waals surface area contributed by atoms with Crippen molar-refractivity contribution in [2.75, 3.05) is 20.3 Å². The number of methoxy groups -OCH3 is 1. The molecule has 0 radical (unpaired) electrons. The number of nitrogens with zero attached hydrogens (tertiary/aromatic N) is 2. The van der Waals surface area contributed by atoms with Crippen LogP contribution in [-0.4, -0.2) is 36.0 Å². The van der Waals surface area contributed by atoms with Gasteiger partial charge in [0.25, 0.3) is 0 Å². The number of benzene rings is 2. The number of amides is 1. The van der Waals surface area contributed by atoms with Gasteiger partial charge in [-0.2, -0.15) is 5.10 Å². The molecule has 0 spiro atoms. The summed E-state index contributed by atoms with van der Waals surface area (Å²) in [6, 6.07) is 13.0. The van der Waals surface area contributed by atoms with Crippen LogP contribution in [0, 0.1) is 0 Å². The van der Waals surface area contributed by atoms with Crippen LogP contribution in [0.25, 0.3) is 5.69 Å². The Bertz CT molecular complexity index is 1020. The summed E-state index contributed by atoms with van der Waals surface area (Å²) in [5.41, 5.74) is 2.43. The van der Waals surface area contributed by atoms with Crippen molar-refractivity contribution >= 4 is 17.5 Å². The van der Waals surface area contributed by atoms with Crippen LogP contribution in [-0.2, 0) is 17.8 Å². The van der Waals surface area contributed by atoms with Crippen LogP contribution in [0.3, 0.4) is 0 Å². The molecule has 0 saturated carbocycles. The molecule has 0 atom stereocenters. The minimum atomic E-state index is -0.128. The minimum absolute atomic E-state index is 0.128. The fourth-order valence-electron chi connectivity index (χ4n) is 3.04. The lowest BCUT2D eigenvalue weighted by Crippen LogP contribution is -2.25. The molecular weight excluding hydrogens is 394 g/mol. The largest absolute Gasteiger partial charge is 0.497 e. The number of aromatic nitrogens is 2. The number of carbonyl (C=O) groups excluding carboxylic acids is 1. The predicted molar refractivity (Wildman–Crippen MR) is 108 cm³/mol. The van der Waals surface area contributed by atoms with E-state index in [1.807, 2.05) is 36.5 Å². The highest BCUT2D eigenvalue weighted by molar-refractivity contribution is 6.32. The maximum absolute atomic E-state index is 12.3. The first-order valence-corrected chi connectivity index (χ1v) is 9.54. The molecule has 0 unspecified atom stereocenters. The van der Waals surface area contributed by atoms with Crippen LogP contribution in [0.4, 0.5) is 0 Å². The number of nitrogens with one attached hydrogen (secondary N) is 1. The number of halogens is 1. The van der Waals surface area contributed by atoms with Gasteiger partial charge < -0.3 is 19.5 Å². The number of ether oxygens (including phenoxy) is 3. The Morgan fingerprint density at radius 2 is 2.00 bits per heavy atom. The maximum Gasteiger partial charge on any atom is 0.224 e. The Morgan fingerprint density at radius 1 is 1.21 bits per heavy atom. The molecule has 0 bridgehead atoms. The second-order valence-corrected chi connectivity index (χ2v) is 6.91. The first-order valence-electron chi connectivity index (χ1n) is 9.16. The van der Waals surface area contributed by atoms with Crippen molar-refractivity contribution in [2.24, 2.45) is 0 Å². The quantitative estimate of drug-likeness (QED) is 0.671. The third-order valence-corrected chi connectivity index (χ3v) is 4.75. The Kier molecular flexibility index (Phi) is 5.57. The first-order chi connectivity index (χ1) is 14.1. The second kappa shape index (κ2) is 8.45. The van der Waals surface area contributed by atoms with E-state index in [4.69, 9.17) is 25.8 Å². The highest BCUT2D eigenvalue weighted by atomic mass is 35.5. The van der Waals surface area contributed by atoms with Crippen LogP contribution >= 0.6 is 11.6 Å². The van der Waals surface area contributed by atoms with Crippen LogP contribution in [0.1, 0.15) is 11.3 Å². The molecule has 8 heteroatoms. The van der Waals surface area contributed by atoms with Crippen molar-refractivity contribution in [1.82, 2.24) is 15.1 Å². The molecule has 0 saturated heterocycles. The summed E-state index contributed by atoms with van der Waals surface area (Å²) in [4.78, 5) is 12.3. The van der Waals surface area contributed by atoms with E-state index in [2.05, 4.69) is 10.4 Å². The molecule has 7 nitrogen and oxygen atoms in total. The van der Waals surface area contributed by atoms with Crippen molar-refractivity contribution in [1.29, 1.82) is 0 Å². The smallest absolute Gasteiger partial charge is 0.224 e. The number of rotatable bonds is 6. The first kappa shape index (κ1) is 19.1. The summed E-state index contributed by atoms with van der Waals surface area (Å²) in [6.07, 6.45) is 2.04. The lowest BCUT2D eigenvalue weighted by molar-refractivity contribution is -0.120. The van der Waals surface area contributed by atoms with E-state index >= 15 is 0 Å². The second-order valence-electron chi connectivity index (χ2n) is 6.51. The molecule has 29 heavy (non-hydrogen) atoms. The van der Waals surface area contributed by atoms with Gasteiger partial charge in [-0.25, -0.2) is 4.68 Å². The van der Waals surface area contributed by atoms with Crippen LogP contribution in [0.2, 0.25) is 5.02 Å². The average Bonchev–Trinajstić information content (AvgIpc) is 3.21. The summed E-state index contributed by atoms with van der Waals surface area (Å²) in [5, 5.41) is 7.82. The fraction of sp³-hybridized carbons (Fsp3) is 0.238. The predicted octanol–water partition coefficient (Wildman–Crippen LogP) is 3.16. The lowest BCUT2D eigenvalue weighted by Gasteiger charge is -2.20. The number of hydrogen-bond donors (Lipinski definition) is 1. The monoisotopic (exact) mass is 413 g/mol. The molecule has 1 amide bonds. The van der Waals surface area contributed by atoms with Crippen LogP contribution in [0.15, 0.2) is 48.7 Å². The van der Waals surface area contributed by atoms with E-state index in [1.165, 1.54) is 0 Å². The topological polar surface area (TPSA) is 74.6 Å². The Labute approximate surface area is 173 Å². The van der Waals surface area contributed by atoms with Crippen LogP contribution < -0.4 is 19.5 Å². The summed E-state index contributed by atoms with van der Waals surface area (Å²) in [5.74, 6) is 1.76. The molecule has 0 fully saturated rings. The van der Waals surface area contributed by atoms with Gasteiger partial charge in [0.05, 0.1) is 36.5 Å². The van der Waals surface area contributed by atoms with Gasteiger partial charge in [-0.05, 0) is 48.0 Å². The van der Waals surface area contributed by atoms with Gasteiger partial charge >= 0.3 is 0 Å². The molecule has 2 aromatic carbocycles. The zero-order valence-corrected chi connectivity index (χ0v) is 16.6. The van der Waals surface area contributed by atoms with E-state index in [1.54, 1.807) is 23.9 Å². The fourth-order valence-corrected chi connectivity index (χ4v) is 3.33. The lowest BCUT2D eigenvalue weighted by atomic mass is 10.1. The van der Waals surface area contributed by atoms with Crippen molar-refractivity contribution in [3.8, 4) is 22.9 Å². The van der Waals surface area contributed by atoms with Gasteiger partial charge in [0.1, 0.15) is 19.0 Å². The van der Waals surface area contributed by atoms with E-state index in [-0.39, 0.29) is 12.3 Å². The third kappa shape index (κ3) is 4.46. The number of hydrogen-bond acceptors (Lipinski definition) is 5. The molecule has 4 rings (SSSR count). The van der Waals surface area contributed by atoms with E-state index in [0.717, 1.165) is 22.7 Å². The highest BCUT2D eigenvalue weighted by Gasteiger charge is 2.17.